The number of non-ortho nitro benzene ring substituents is 1. The molecule has 2 heterocycles. The largest absolute Gasteiger partial charge is 0.489 e. The fourth-order valence-electron chi connectivity index (χ4n) is 5.36. The zero-order chi connectivity index (χ0) is 30.8. The molecule has 0 unspecified atom stereocenters. The summed E-state index contributed by atoms with van der Waals surface area (Å²) >= 11 is 0. The first-order valence-electron chi connectivity index (χ1n) is 14.0. The van der Waals surface area contributed by atoms with Gasteiger partial charge >= 0.3 is 0 Å². The molecule has 0 fully saturated rings. The van der Waals surface area contributed by atoms with Crippen LogP contribution in [0.3, 0.4) is 0 Å². The second-order valence-corrected chi connectivity index (χ2v) is 10.7. The molecule has 10 nitrogen and oxygen atoms in total. The van der Waals surface area contributed by atoms with Gasteiger partial charge in [-0.3, -0.25) is 40.1 Å². The van der Waals surface area contributed by atoms with Crippen molar-refractivity contribution in [3.05, 3.63) is 161 Å². The van der Waals surface area contributed by atoms with Crippen LogP contribution >= 0.6 is 0 Å². The number of hydrogen-bond donors (Lipinski definition) is 4. The Morgan fingerprint density at radius 3 is 1.68 bits per heavy atom. The van der Waals surface area contributed by atoms with E-state index in [0.29, 0.717) is 33.8 Å². The molecule has 6 aromatic rings. The maximum atomic E-state index is 13.7. The number of nitro groups is 1. The van der Waals surface area contributed by atoms with Gasteiger partial charge in [-0.05, 0) is 48.7 Å². The van der Waals surface area contributed by atoms with Gasteiger partial charge in [0.1, 0.15) is 12.4 Å². The van der Waals surface area contributed by atoms with E-state index in [4.69, 9.17) is 4.74 Å². The van der Waals surface area contributed by atoms with E-state index in [1.165, 1.54) is 12.1 Å². The highest BCUT2D eigenvalue weighted by Crippen LogP contribution is 2.41. The van der Waals surface area contributed by atoms with E-state index >= 15 is 0 Å². The molecule has 0 radical (unpaired) electrons. The second-order valence-electron chi connectivity index (χ2n) is 10.7. The first-order chi connectivity index (χ1) is 21.3. The predicted molar refractivity (Wildman–Crippen MR) is 168 cm³/mol. The van der Waals surface area contributed by atoms with Gasteiger partial charge in [-0.15, -0.1) is 0 Å². The van der Waals surface area contributed by atoms with Gasteiger partial charge in [0.15, 0.2) is 0 Å². The van der Waals surface area contributed by atoms with Gasteiger partial charge in [0.05, 0.1) is 33.4 Å². The molecule has 0 aliphatic carbocycles. The lowest BCUT2D eigenvalue weighted by atomic mass is 9.82. The van der Waals surface area contributed by atoms with Crippen molar-refractivity contribution in [2.24, 2.45) is 0 Å². The monoisotopic (exact) mass is 587 g/mol. The normalized spacial score (nSPS) is 11.2. The number of nitro benzene ring substituents is 1. The maximum Gasteiger partial charge on any atom is 0.269 e. The highest BCUT2D eigenvalue weighted by molar-refractivity contribution is 5.71. The molecule has 0 saturated heterocycles. The van der Waals surface area contributed by atoms with Crippen LogP contribution in [0.1, 0.15) is 39.3 Å². The van der Waals surface area contributed by atoms with Crippen molar-refractivity contribution in [2.45, 2.75) is 26.4 Å². The molecule has 4 N–H and O–H groups in total. The average Bonchev–Trinajstić information content (AvgIpc) is 3.60. The SMILES string of the molecule is Cc1ccc(-c2[nH][nH]c(=O)c2C(c2ccccc2OCc2ccc([N+](=O)[O-])cc2)c2c(-c3ccc(C)cc3)[nH][nH]c2=O)cc1. The molecule has 0 saturated carbocycles. The molecule has 0 atom stereocenters. The highest BCUT2D eigenvalue weighted by atomic mass is 16.6. The molecule has 44 heavy (non-hydrogen) atoms. The van der Waals surface area contributed by atoms with Crippen LogP contribution in [0.4, 0.5) is 5.69 Å². The Labute approximate surface area is 251 Å². The number of rotatable bonds is 9. The van der Waals surface area contributed by atoms with E-state index in [-0.39, 0.29) is 23.4 Å². The molecule has 4 aromatic carbocycles. The lowest BCUT2D eigenvalue weighted by molar-refractivity contribution is -0.384. The summed E-state index contributed by atoms with van der Waals surface area (Å²) in [5.41, 5.74) is 6.10. The Morgan fingerprint density at radius 2 is 1.18 bits per heavy atom. The Balaban J connectivity index is 1.53. The molecule has 10 heteroatoms. The molecule has 0 aliphatic rings. The van der Waals surface area contributed by atoms with Crippen molar-refractivity contribution in [3.63, 3.8) is 0 Å². The van der Waals surface area contributed by atoms with Gasteiger partial charge in [-0.2, -0.15) is 0 Å². The molecule has 0 spiro atoms. The lowest BCUT2D eigenvalue weighted by Gasteiger charge is -2.21. The molecular formula is C34H29N5O5. The van der Waals surface area contributed by atoms with Crippen molar-refractivity contribution in [1.82, 2.24) is 20.4 Å². The summed E-state index contributed by atoms with van der Waals surface area (Å²) in [5, 5.41) is 22.7. The fraction of sp³-hybridized carbons (Fsp3) is 0.118. The number of H-pyrrole nitrogens is 4. The van der Waals surface area contributed by atoms with E-state index in [2.05, 4.69) is 20.4 Å². The zero-order valence-electron chi connectivity index (χ0n) is 24.0. The van der Waals surface area contributed by atoms with Crippen LogP contribution in [-0.4, -0.2) is 25.3 Å². The van der Waals surface area contributed by atoms with E-state index in [0.717, 1.165) is 27.8 Å². The zero-order valence-corrected chi connectivity index (χ0v) is 24.0. The summed E-state index contributed by atoms with van der Waals surface area (Å²) in [6.07, 6.45) is 0. The number of aromatic nitrogens is 4. The summed E-state index contributed by atoms with van der Waals surface area (Å²) in [5.74, 6) is -0.387. The average molecular weight is 588 g/mol. The summed E-state index contributed by atoms with van der Waals surface area (Å²) < 4.78 is 6.29. The van der Waals surface area contributed by atoms with Gasteiger partial charge in [-0.1, -0.05) is 77.9 Å². The van der Waals surface area contributed by atoms with Crippen LogP contribution in [0.5, 0.6) is 5.75 Å². The summed E-state index contributed by atoms with van der Waals surface area (Å²) in [6.45, 7) is 4.09. The first-order valence-corrected chi connectivity index (χ1v) is 14.0. The highest BCUT2D eigenvalue weighted by Gasteiger charge is 2.33. The number of aromatic amines is 4. The molecule has 2 aromatic heterocycles. The third-order valence-electron chi connectivity index (χ3n) is 7.66. The summed E-state index contributed by atoms with van der Waals surface area (Å²) in [7, 11) is 0. The number of para-hydroxylation sites is 1. The third-order valence-corrected chi connectivity index (χ3v) is 7.66. The second kappa shape index (κ2) is 11.8. The predicted octanol–water partition coefficient (Wildman–Crippen LogP) is 6.34. The minimum absolute atomic E-state index is 0.0140. The van der Waals surface area contributed by atoms with Crippen molar-refractivity contribution in [1.29, 1.82) is 0 Å². The van der Waals surface area contributed by atoms with Gasteiger partial charge < -0.3 is 4.74 Å². The maximum absolute atomic E-state index is 13.7. The summed E-state index contributed by atoms with van der Waals surface area (Å²) in [4.78, 5) is 38.0. The van der Waals surface area contributed by atoms with Crippen LogP contribution in [0, 0.1) is 24.0 Å². The molecule has 0 bridgehead atoms. The smallest absolute Gasteiger partial charge is 0.269 e. The van der Waals surface area contributed by atoms with Crippen molar-refractivity contribution >= 4 is 5.69 Å². The number of hydrogen-bond acceptors (Lipinski definition) is 5. The van der Waals surface area contributed by atoms with Crippen LogP contribution < -0.4 is 15.9 Å². The van der Waals surface area contributed by atoms with Crippen LogP contribution in [0.15, 0.2) is 107 Å². The topological polar surface area (TPSA) is 150 Å². The Kier molecular flexibility index (Phi) is 7.55. The van der Waals surface area contributed by atoms with Gasteiger partial charge in [0, 0.05) is 17.7 Å². The standard InChI is InChI=1S/C34H29N5O5/c1-20-7-13-23(14-8-20)31-29(33(40)37-35-31)28(30-32(36-38-34(30)41)24-15-9-21(2)10-16-24)26-5-3-4-6-27(26)44-19-22-11-17-25(18-12-22)39(42)43/h3-18,28H,19H2,1-2H3,(H2,35,37,40)(H2,36,38,41). The van der Waals surface area contributed by atoms with E-state index in [9.17, 15) is 19.7 Å². The number of nitrogens with one attached hydrogen (secondary N) is 4. The number of ether oxygens (including phenoxy) is 1. The fourth-order valence-corrected chi connectivity index (χ4v) is 5.36. The molecule has 6 rings (SSSR count). The van der Waals surface area contributed by atoms with Gasteiger partial charge in [0.2, 0.25) is 0 Å². The minimum Gasteiger partial charge on any atom is -0.489 e. The van der Waals surface area contributed by atoms with Crippen LogP contribution in [0.2, 0.25) is 0 Å². The Bertz CT molecular complexity index is 1950. The molecule has 0 aliphatic heterocycles. The van der Waals surface area contributed by atoms with Crippen molar-refractivity contribution in [2.75, 3.05) is 0 Å². The lowest BCUT2D eigenvalue weighted by Crippen LogP contribution is -2.20. The van der Waals surface area contributed by atoms with Crippen LogP contribution in [0.25, 0.3) is 22.5 Å². The third kappa shape index (κ3) is 5.48. The van der Waals surface area contributed by atoms with Crippen molar-refractivity contribution < 1.29 is 9.66 Å². The number of benzene rings is 4. The van der Waals surface area contributed by atoms with E-state index < -0.39 is 10.8 Å². The minimum atomic E-state index is -0.847. The number of nitrogens with zero attached hydrogens (tertiary/aromatic N) is 1. The number of aryl methyl sites for hydroxylation is 2. The van der Waals surface area contributed by atoms with Crippen molar-refractivity contribution in [3.8, 4) is 28.3 Å². The molecular weight excluding hydrogens is 558 g/mol. The van der Waals surface area contributed by atoms with Gasteiger partial charge in [-0.25, -0.2) is 0 Å². The first kappa shape index (κ1) is 28.2. The van der Waals surface area contributed by atoms with E-state index in [1.54, 1.807) is 18.2 Å². The van der Waals surface area contributed by atoms with E-state index in [1.807, 2.05) is 80.6 Å². The Hall–Kier alpha value is -5.90. The quantitative estimate of drug-likeness (QED) is 0.115. The Morgan fingerprint density at radius 1 is 0.682 bits per heavy atom. The summed E-state index contributed by atoms with van der Waals surface area (Å²) in [6, 6.07) is 28.9. The molecule has 220 valence electrons. The molecule has 0 amide bonds. The van der Waals surface area contributed by atoms with Gasteiger partial charge in [0.25, 0.3) is 16.8 Å². The van der Waals surface area contributed by atoms with Crippen LogP contribution in [-0.2, 0) is 6.61 Å².